The lowest BCUT2D eigenvalue weighted by Gasteiger charge is -2.27. The first-order valence-electron chi connectivity index (χ1n) is 9.08. The van der Waals surface area contributed by atoms with Gasteiger partial charge in [-0.2, -0.15) is 0 Å². The van der Waals surface area contributed by atoms with Crippen LogP contribution in [0.3, 0.4) is 0 Å². The topological polar surface area (TPSA) is 57.2 Å². The molecule has 0 saturated heterocycles. The molecule has 0 atom stereocenters. The highest BCUT2D eigenvalue weighted by molar-refractivity contribution is 7.80. The van der Waals surface area contributed by atoms with E-state index in [1.807, 2.05) is 61.5 Å². The van der Waals surface area contributed by atoms with Crippen molar-refractivity contribution in [2.75, 3.05) is 28.4 Å². The zero-order valence-electron chi connectivity index (χ0n) is 17.2. The van der Waals surface area contributed by atoms with Crippen LogP contribution in [0.4, 0.5) is 0 Å². The molecule has 0 unspecified atom stereocenters. The van der Waals surface area contributed by atoms with Gasteiger partial charge < -0.3 is 24.1 Å². The van der Waals surface area contributed by atoms with Gasteiger partial charge in [-0.3, -0.25) is 0 Å². The monoisotopic (exact) mass is 412 g/mol. The van der Waals surface area contributed by atoms with E-state index in [-0.39, 0.29) is 5.75 Å². The van der Waals surface area contributed by atoms with Crippen molar-refractivity contribution in [3.8, 4) is 28.7 Å². The second-order valence-electron chi connectivity index (χ2n) is 6.30. The number of aromatic hydroxyl groups is 1. The van der Waals surface area contributed by atoms with Crippen LogP contribution in [-0.2, 0) is 0 Å². The van der Waals surface area contributed by atoms with Crippen LogP contribution in [0.1, 0.15) is 5.56 Å². The van der Waals surface area contributed by atoms with Crippen LogP contribution in [-0.4, -0.2) is 33.5 Å². The fraction of sp³-hybridized carbons (Fsp3) is 0.217. The zero-order valence-corrected chi connectivity index (χ0v) is 18.1. The summed E-state index contributed by atoms with van der Waals surface area (Å²) in [4.78, 5) is 0. The Balaban J connectivity index is 2.46. The highest BCUT2D eigenvalue weighted by Gasteiger charge is 2.31. The van der Waals surface area contributed by atoms with Crippen LogP contribution in [0.15, 0.2) is 54.6 Å². The number of phenols is 1. The lowest BCUT2D eigenvalue weighted by atomic mass is 10.2. The second kappa shape index (κ2) is 9.06. The summed E-state index contributed by atoms with van der Waals surface area (Å²) in [6, 6.07) is 17.1. The summed E-state index contributed by atoms with van der Waals surface area (Å²) >= 11 is 0. The molecule has 0 spiro atoms. The van der Waals surface area contributed by atoms with E-state index in [2.05, 4.69) is 0 Å². The van der Waals surface area contributed by atoms with Crippen molar-refractivity contribution < 1.29 is 24.1 Å². The van der Waals surface area contributed by atoms with Crippen molar-refractivity contribution in [1.29, 1.82) is 0 Å². The maximum Gasteiger partial charge on any atom is 0.130 e. The largest absolute Gasteiger partial charge is 0.507 e. The van der Waals surface area contributed by atoms with Gasteiger partial charge in [0.05, 0.1) is 39.0 Å². The average molecular weight is 412 g/mol. The normalized spacial score (nSPS) is 10.7. The highest BCUT2D eigenvalue weighted by Crippen LogP contribution is 2.47. The molecule has 0 saturated carbocycles. The second-order valence-corrected chi connectivity index (χ2v) is 8.35. The molecule has 5 nitrogen and oxygen atoms in total. The Bertz CT molecular complexity index is 903. The smallest absolute Gasteiger partial charge is 0.130 e. The van der Waals surface area contributed by atoms with Crippen LogP contribution >= 0.6 is 7.92 Å². The molecule has 3 aromatic carbocycles. The molecule has 152 valence electrons. The molecule has 0 aliphatic carbocycles. The van der Waals surface area contributed by atoms with Crippen LogP contribution in [0.2, 0.25) is 0 Å². The van der Waals surface area contributed by atoms with E-state index in [4.69, 9.17) is 18.9 Å². The molecule has 6 heteroatoms. The number of aryl methyl sites for hydroxylation is 1. The van der Waals surface area contributed by atoms with Crippen molar-refractivity contribution in [2.24, 2.45) is 0 Å². The Morgan fingerprint density at radius 3 is 1.38 bits per heavy atom. The maximum atomic E-state index is 11.0. The van der Waals surface area contributed by atoms with Crippen LogP contribution in [0.25, 0.3) is 0 Å². The predicted molar refractivity (Wildman–Crippen MR) is 118 cm³/mol. The predicted octanol–water partition coefficient (Wildman–Crippen LogP) is 3.49. The Labute approximate surface area is 172 Å². The summed E-state index contributed by atoms with van der Waals surface area (Å²) in [7, 11) is 5.17. The van der Waals surface area contributed by atoms with E-state index in [9.17, 15) is 5.11 Å². The SMILES string of the molecule is COc1cccc(OC)c1P(c1cccc(C)c1O)c1c(OC)cccc1OC. The van der Waals surface area contributed by atoms with Crippen molar-refractivity contribution >= 4 is 23.8 Å². The van der Waals surface area contributed by atoms with Crippen molar-refractivity contribution in [1.82, 2.24) is 0 Å². The summed E-state index contributed by atoms with van der Waals surface area (Å²) in [5.74, 6) is 2.92. The van der Waals surface area contributed by atoms with Crippen molar-refractivity contribution in [3.05, 3.63) is 60.2 Å². The van der Waals surface area contributed by atoms with Crippen LogP contribution in [0, 0.1) is 6.92 Å². The summed E-state index contributed by atoms with van der Waals surface area (Å²) in [5.41, 5.74) is 0.790. The molecular formula is C23H25O5P. The van der Waals surface area contributed by atoms with Gasteiger partial charge in [0.1, 0.15) is 28.7 Å². The molecule has 0 amide bonds. The molecule has 0 bridgehead atoms. The molecule has 0 aliphatic rings. The van der Waals surface area contributed by atoms with Gasteiger partial charge >= 0.3 is 0 Å². The van der Waals surface area contributed by atoms with Gasteiger partial charge in [0, 0.05) is 13.2 Å². The highest BCUT2D eigenvalue weighted by atomic mass is 31.1. The summed E-state index contributed by atoms with van der Waals surface area (Å²) < 4.78 is 22.8. The molecule has 0 aliphatic heterocycles. The fourth-order valence-electron chi connectivity index (χ4n) is 3.28. The van der Waals surface area contributed by atoms with Gasteiger partial charge in [0.15, 0.2) is 0 Å². The summed E-state index contributed by atoms with van der Waals surface area (Å²) in [6.07, 6.45) is 0. The minimum Gasteiger partial charge on any atom is -0.507 e. The summed E-state index contributed by atoms with van der Waals surface area (Å²) in [5, 5.41) is 13.5. The van der Waals surface area contributed by atoms with Crippen LogP contribution in [0.5, 0.6) is 28.7 Å². The number of hydrogen-bond acceptors (Lipinski definition) is 5. The molecule has 0 heterocycles. The van der Waals surface area contributed by atoms with Gasteiger partial charge in [-0.15, -0.1) is 0 Å². The third-order valence-corrected chi connectivity index (χ3v) is 7.33. The number of methoxy groups -OCH3 is 4. The van der Waals surface area contributed by atoms with Crippen molar-refractivity contribution in [2.45, 2.75) is 6.92 Å². The zero-order chi connectivity index (χ0) is 21.0. The molecule has 0 fully saturated rings. The van der Waals surface area contributed by atoms with Gasteiger partial charge in [0.2, 0.25) is 0 Å². The van der Waals surface area contributed by atoms with E-state index < -0.39 is 7.92 Å². The van der Waals surface area contributed by atoms with Gasteiger partial charge in [-0.05, 0) is 36.8 Å². The number of hydrogen-bond donors (Lipinski definition) is 1. The first kappa shape index (κ1) is 20.8. The third kappa shape index (κ3) is 3.83. The van der Waals surface area contributed by atoms with Gasteiger partial charge in [0.25, 0.3) is 0 Å². The molecule has 3 rings (SSSR count). The molecule has 3 aromatic rings. The number of rotatable bonds is 7. The molecule has 0 aromatic heterocycles. The van der Waals surface area contributed by atoms with E-state index in [0.717, 1.165) is 21.5 Å². The van der Waals surface area contributed by atoms with Gasteiger partial charge in [-0.1, -0.05) is 30.3 Å². The Kier molecular flexibility index (Phi) is 6.50. The third-order valence-electron chi connectivity index (χ3n) is 4.71. The lowest BCUT2D eigenvalue weighted by molar-refractivity contribution is 0.399. The number of ether oxygens (including phenoxy) is 4. The first-order valence-corrected chi connectivity index (χ1v) is 10.4. The van der Waals surface area contributed by atoms with Crippen molar-refractivity contribution in [3.63, 3.8) is 0 Å². The summed E-state index contributed by atoms with van der Waals surface area (Å²) in [6.45, 7) is 1.88. The minimum atomic E-state index is -1.34. The molecule has 0 radical (unpaired) electrons. The number of para-hydroxylation sites is 1. The maximum absolute atomic E-state index is 11.0. The minimum absolute atomic E-state index is 0.236. The Morgan fingerprint density at radius 1 is 0.621 bits per heavy atom. The molecule has 1 N–H and O–H groups in total. The lowest BCUT2D eigenvalue weighted by Crippen LogP contribution is -2.26. The molecular weight excluding hydrogens is 387 g/mol. The van der Waals surface area contributed by atoms with E-state index in [0.29, 0.717) is 23.0 Å². The van der Waals surface area contributed by atoms with E-state index in [1.54, 1.807) is 28.4 Å². The Morgan fingerprint density at radius 2 is 1.00 bits per heavy atom. The Hall–Kier alpha value is -2.91. The fourth-order valence-corrected chi connectivity index (χ4v) is 6.15. The molecule has 29 heavy (non-hydrogen) atoms. The first-order chi connectivity index (χ1) is 14.1. The average Bonchev–Trinajstić information content (AvgIpc) is 2.76. The quantitative estimate of drug-likeness (QED) is 0.602. The van der Waals surface area contributed by atoms with Crippen LogP contribution < -0.4 is 34.9 Å². The number of benzene rings is 3. The number of phenolic OH excluding ortho intramolecular Hbond substituents is 1. The van der Waals surface area contributed by atoms with E-state index in [1.165, 1.54) is 0 Å². The standard InChI is InChI=1S/C23H25O5P/c1-15-9-6-14-20(21(15)24)29(22-16(25-2)10-7-11-17(22)26-3)23-18(27-4)12-8-13-19(23)28-5/h6-14,24H,1-5H3. The van der Waals surface area contributed by atoms with Gasteiger partial charge in [-0.25, -0.2) is 0 Å². The van der Waals surface area contributed by atoms with E-state index >= 15 is 0 Å².